The van der Waals surface area contributed by atoms with Gasteiger partial charge < -0.3 is 5.32 Å². The topological polar surface area (TPSA) is 12.0 Å². The second-order valence-electron chi connectivity index (χ2n) is 9.15. The van der Waals surface area contributed by atoms with Gasteiger partial charge in [-0.1, -0.05) is 13.8 Å². The van der Waals surface area contributed by atoms with Gasteiger partial charge in [0, 0.05) is 12.1 Å². The molecule has 0 amide bonds. The molecule has 0 spiro atoms. The van der Waals surface area contributed by atoms with Crippen LogP contribution in [-0.2, 0) is 0 Å². The van der Waals surface area contributed by atoms with Crippen molar-refractivity contribution in [3.63, 3.8) is 0 Å². The fourth-order valence-corrected chi connectivity index (χ4v) is 7.02. The maximum absolute atomic E-state index is 3.78. The highest BCUT2D eigenvalue weighted by Crippen LogP contribution is 2.64. The fourth-order valence-electron chi connectivity index (χ4n) is 7.02. The summed E-state index contributed by atoms with van der Waals surface area (Å²) in [6, 6.07) is 1.48. The molecule has 5 saturated carbocycles. The lowest BCUT2D eigenvalue weighted by molar-refractivity contribution is -0.0963. The number of nitrogens with one attached hydrogen (secondary N) is 1. The van der Waals surface area contributed by atoms with Crippen LogP contribution in [0.1, 0.15) is 78.1 Å². The van der Waals surface area contributed by atoms with Crippen molar-refractivity contribution in [2.75, 3.05) is 0 Å². The third-order valence-electron chi connectivity index (χ3n) is 7.25. The van der Waals surface area contributed by atoms with E-state index in [0.717, 1.165) is 35.1 Å². The minimum Gasteiger partial charge on any atom is -0.312 e. The molecular weight excluding hydrogens is 242 g/mol. The van der Waals surface area contributed by atoms with E-state index in [0.29, 0.717) is 6.04 Å². The summed E-state index contributed by atoms with van der Waals surface area (Å²) in [7, 11) is 0. The first-order chi connectivity index (χ1) is 9.63. The highest BCUT2D eigenvalue weighted by atomic mass is 14.9. The molecule has 4 bridgehead atoms. The highest BCUT2D eigenvalue weighted by Gasteiger charge is 2.54. The third-order valence-corrected chi connectivity index (χ3v) is 7.25. The number of hydrogen-bond acceptors (Lipinski definition) is 1. The average molecular weight is 275 g/mol. The van der Waals surface area contributed by atoms with Crippen LogP contribution < -0.4 is 5.32 Å². The molecule has 5 rings (SSSR count). The molecule has 0 heterocycles. The van der Waals surface area contributed by atoms with Gasteiger partial charge in [0.05, 0.1) is 0 Å². The third kappa shape index (κ3) is 2.34. The molecule has 1 heteroatoms. The summed E-state index contributed by atoms with van der Waals surface area (Å²) in [5.41, 5.74) is 0.817. The van der Waals surface area contributed by atoms with E-state index < -0.39 is 0 Å². The maximum Gasteiger partial charge on any atom is 0.00696 e. The molecule has 0 aliphatic heterocycles. The first-order valence-electron chi connectivity index (χ1n) is 9.39. The summed E-state index contributed by atoms with van der Waals surface area (Å²) in [5, 5.41) is 3.78. The Bertz CT molecular complexity index is 315. The SMILES string of the molecule is CC(C)NC1CCC(C23CC4CC(CC(C4)C2)C3)CC1. The van der Waals surface area contributed by atoms with Crippen LogP contribution >= 0.6 is 0 Å². The standard InChI is InChI=1S/C19H33N/c1-13(2)20-18-5-3-17(4-6-18)19-10-14-7-15(11-19)9-16(8-14)12-19/h13-18,20H,3-12H2,1-2H3. The van der Waals surface area contributed by atoms with Crippen molar-refractivity contribution in [1.29, 1.82) is 0 Å². The van der Waals surface area contributed by atoms with Crippen molar-refractivity contribution in [3.05, 3.63) is 0 Å². The Morgan fingerprint density at radius 1 is 0.800 bits per heavy atom. The molecule has 5 aliphatic rings. The molecule has 0 radical (unpaired) electrons. The molecule has 114 valence electrons. The zero-order valence-electron chi connectivity index (χ0n) is 13.5. The second kappa shape index (κ2) is 5.00. The molecule has 0 saturated heterocycles. The van der Waals surface area contributed by atoms with Crippen LogP contribution in [0.15, 0.2) is 0 Å². The van der Waals surface area contributed by atoms with Gasteiger partial charge >= 0.3 is 0 Å². The van der Waals surface area contributed by atoms with Crippen molar-refractivity contribution >= 4 is 0 Å². The van der Waals surface area contributed by atoms with Gasteiger partial charge in [0.15, 0.2) is 0 Å². The first-order valence-corrected chi connectivity index (χ1v) is 9.39. The zero-order chi connectivity index (χ0) is 13.7. The van der Waals surface area contributed by atoms with Crippen LogP contribution in [0.3, 0.4) is 0 Å². The molecule has 1 nitrogen and oxygen atoms in total. The summed E-state index contributed by atoms with van der Waals surface area (Å²) >= 11 is 0. The maximum atomic E-state index is 3.78. The van der Waals surface area contributed by atoms with Gasteiger partial charge in [-0.25, -0.2) is 0 Å². The molecule has 0 unspecified atom stereocenters. The molecule has 20 heavy (non-hydrogen) atoms. The Labute approximate surface area is 125 Å². The largest absolute Gasteiger partial charge is 0.312 e. The average Bonchev–Trinajstić information content (AvgIpc) is 2.37. The van der Waals surface area contributed by atoms with Crippen LogP contribution in [-0.4, -0.2) is 12.1 Å². The molecule has 0 aromatic carbocycles. The second-order valence-corrected chi connectivity index (χ2v) is 9.15. The van der Waals surface area contributed by atoms with Crippen LogP contribution in [0.5, 0.6) is 0 Å². The predicted octanol–water partition coefficient (Wildman–Crippen LogP) is 4.76. The highest BCUT2D eigenvalue weighted by molar-refractivity contribution is 5.04. The molecule has 5 aliphatic carbocycles. The Morgan fingerprint density at radius 2 is 1.30 bits per heavy atom. The van der Waals surface area contributed by atoms with E-state index in [-0.39, 0.29) is 0 Å². The Morgan fingerprint density at radius 3 is 1.75 bits per heavy atom. The van der Waals surface area contributed by atoms with Crippen molar-refractivity contribution in [2.45, 2.75) is 90.1 Å². The van der Waals surface area contributed by atoms with E-state index in [1.807, 2.05) is 0 Å². The van der Waals surface area contributed by atoms with Gasteiger partial charge in [-0.2, -0.15) is 0 Å². The minimum atomic E-state index is 0.663. The Hall–Kier alpha value is -0.0400. The summed E-state index contributed by atoms with van der Waals surface area (Å²) in [6.45, 7) is 4.59. The van der Waals surface area contributed by atoms with Gasteiger partial charge in [0.25, 0.3) is 0 Å². The quantitative estimate of drug-likeness (QED) is 0.783. The van der Waals surface area contributed by atoms with Crippen molar-refractivity contribution in [2.24, 2.45) is 29.1 Å². The van der Waals surface area contributed by atoms with E-state index in [1.54, 1.807) is 38.5 Å². The predicted molar refractivity (Wildman–Crippen MR) is 84.6 cm³/mol. The van der Waals surface area contributed by atoms with E-state index in [2.05, 4.69) is 19.2 Å². The van der Waals surface area contributed by atoms with Crippen molar-refractivity contribution in [1.82, 2.24) is 5.32 Å². The van der Waals surface area contributed by atoms with Crippen molar-refractivity contribution < 1.29 is 0 Å². The monoisotopic (exact) mass is 275 g/mol. The van der Waals surface area contributed by atoms with Gasteiger partial charge in [-0.05, 0) is 93.3 Å². The molecule has 0 atom stereocenters. The summed E-state index contributed by atoms with van der Waals surface area (Å²) in [5.74, 6) is 4.48. The summed E-state index contributed by atoms with van der Waals surface area (Å²) in [4.78, 5) is 0. The van der Waals surface area contributed by atoms with Crippen molar-refractivity contribution in [3.8, 4) is 0 Å². The molecule has 1 N–H and O–H groups in total. The lowest BCUT2D eigenvalue weighted by Crippen LogP contribution is -2.51. The van der Waals surface area contributed by atoms with E-state index in [9.17, 15) is 0 Å². The summed E-state index contributed by atoms with van der Waals surface area (Å²) < 4.78 is 0. The van der Waals surface area contributed by atoms with Crippen LogP contribution in [0.2, 0.25) is 0 Å². The van der Waals surface area contributed by atoms with Gasteiger partial charge in [-0.15, -0.1) is 0 Å². The van der Waals surface area contributed by atoms with Gasteiger partial charge in [0.1, 0.15) is 0 Å². The number of rotatable bonds is 3. The molecular formula is C19H33N. The number of hydrogen-bond donors (Lipinski definition) is 1. The van der Waals surface area contributed by atoms with Crippen LogP contribution in [0, 0.1) is 29.1 Å². The summed E-state index contributed by atoms with van der Waals surface area (Å²) in [6.07, 6.45) is 15.6. The molecule has 0 aromatic heterocycles. The van der Waals surface area contributed by atoms with Crippen LogP contribution in [0.25, 0.3) is 0 Å². The normalized spacial score (nSPS) is 50.9. The molecule has 5 fully saturated rings. The van der Waals surface area contributed by atoms with E-state index in [4.69, 9.17) is 0 Å². The van der Waals surface area contributed by atoms with E-state index >= 15 is 0 Å². The fraction of sp³-hybridized carbons (Fsp3) is 1.00. The van der Waals surface area contributed by atoms with Gasteiger partial charge in [0.2, 0.25) is 0 Å². The lowest BCUT2D eigenvalue weighted by Gasteiger charge is -2.60. The Balaban J connectivity index is 1.41. The lowest BCUT2D eigenvalue weighted by atomic mass is 9.45. The first kappa shape index (κ1) is 13.6. The minimum absolute atomic E-state index is 0.663. The van der Waals surface area contributed by atoms with Crippen LogP contribution in [0.4, 0.5) is 0 Å². The molecule has 0 aromatic rings. The van der Waals surface area contributed by atoms with Gasteiger partial charge in [-0.3, -0.25) is 0 Å². The smallest absolute Gasteiger partial charge is 0.00696 e. The Kier molecular flexibility index (Phi) is 3.41. The zero-order valence-corrected chi connectivity index (χ0v) is 13.5. The van der Waals surface area contributed by atoms with E-state index in [1.165, 1.54) is 25.7 Å².